The maximum absolute atomic E-state index is 12.8. The maximum atomic E-state index is 12.8. The monoisotopic (exact) mass is 458 g/mol. The van der Waals surface area contributed by atoms with E-state index in [1.807, 2.05) is 43.3 Å². The van der Waals surface area contributed by atoms with E-state index in [-0.39, 0.29) is 28.8 Å². The number of nitro benzene ring substituents is 1. The SMILES string of the molecule is COc1ccccc1-c1cc(NC(=O)c2ccc(NC(C)c3ccccn3)c([N+](=O)[O-])c2)n[nH]1. The van der Waals surface area contributed by atoms with E-state index >= 15 is 0 Å². The molecular formula is C24H22N6O4. The minimum atomic E-state index is -0.529. The Kier molecular flexibility index (Phi) is 6.49. The van der Waals surface area contributed by atoms with Crippen LogP contribution in [0.5, 0.6) is 5.75 Å². The molecule has 172 valence electrons. The molecule has 0 saturated carbocycles. The third kappa shape index (κ3) is 4.85. The fourth-order valence-corrected chi connectivity index (χ4v) is 3.46. The van der Waals surface area contributed by atoms with Gasteiger partial charge in [0.15, 0.2) is 5.82 Å². The minimum absolute atomic E-state index is 0.129. The highest BCUT2D eigenvalue weighted by atomic mass is 16.6. The zero-order valence-corrected chi connectivity index (χ0v) is 18.5. The molecule has 0 aliphatic rings. The van der Waals surface area contributed by atoms with Crippen molar-refractivity contribution in [2.75, 3.05) is 17.7 Å². The van der Waals surface area contributed by atoms with Gasteiger partial charge < -0.3 is 15.4 Å². The van der Waals surface area contributed by atoms with E-state index in [1.165, 1.54) is 18.2 Å². The molecule has 2 heterocycles. The molecule has 2 aromatic carbocycles. The molecule has 10 nitrogen and oxygen atoms in total. The number of hydrogen-bond acceptors (Lipinski definition) is 7. The molecule has 0 saturated heterocycles. The van der Waals surface area contributed by atoms with Gasteiger partial charge in [-0.05, 0) is 43.3 Å². The molecule has 3 N–H and O–H groups in total. The van der Waals surface area contributed by atoms with E-state index in [9.17, 15) is 14.9 Å². The van der Waals surface area contributed by atoms with Crippen molar-refractivity contribution in [2.45, 2.75) is 13.0 Å². The van der Waals surface area contributed by atoms with Crippen LogP contribution in [-0.4, -0.2) is 33.1 Å². The molecule has 0 aliphatic heterocycles. The average molecular weight is 458 g/mol. The fraction of sp³-hybridized carbons (Fsp3) is 0.125. The maximum Gasteiger partial charge on any atom is 0.293 e. The lowest BCUT2D eigenvalue weighted by atomic mass is 10.1. The number of nitrogens with zero attached hydrogens (tertiary/aromatic N) is 3. The van der Waals surface area contributed by atoms with E-state index < -0.39 is 10.8 Å². The van der Waals surface area contributed by atoms with E-state index in [0.717, 1.165) is 11.3 Å². The Morgan fingerprint density at radius 1 is 1.12 bits per heavy atom. The Morgan fingerprint density at radius 2 is 1.91 bits per heavy atom. The molecule has 4 rings (SSSR count). The molecule has 0 aliphatic carbocycles. The van der Waals surface area contributed by atoms with Crippen LogP contribution in [0.1, 0.15) is 29.0 Å². The number of amides is 1. The molecule has 1 amide bonds. The number of nitro groups is 1. The first-order chi connectivity index (χ1) is 16.5. The number of anilines is 2. The molecule has 10 heteroatoms. The van der Waals surface area contributed by atoms with E-state index in [0.29, 0.717) is 11.4 Å². The molecule has 0 spiro atoms. The molecule has 34 heavy (non-hydrogen) atoms. The molecule has 0 radical (unpaired) electrons. The van der Waals surface area contributed by atoms with E-state index in [2.05, 4.69) is 25.8 Å². The van der Waals surface area contributed by atoms with Crippen LogP contribution >= 0.6 is 0 Å². The molecule has 1 atom stereocenters. The summed E-state index contributed by atoms with van der Waals surface area (Å²) >= 11 is 0. The zero-order valence-electron chi connectivity index (χ0n) is 18.5. The fourth-order valence-electron chi connectivity index (χ4n) is 3.46. The number of para-hydroxylation sites is 1. The average Bonchev–Trinajstić information content (AvgIpc) is 3.32. The minimum Gasteiger partial charge on any atom is -0.496 e. The summed E-state index contributed by atoms with van der Waals surface area (Å²) in [5, 5.41) is 24.4. The summed E-state index contributed by atoms with van der Waals surface area (Å²) in [6.45, 7) is 1.85. The van der Waals surface area contributed by atoms with Crippen LogP contribution < -0.4 is 15.4 Å². The van der Waals surface area contributed by atoms with Crippen LogP contribution in [0.2, 0.25) is 0 Å². The number of aromatic amines is 1. The smallest absolute Gasteiger partial charge is 0.293 e. The summed E-state index contributed by atoms with van der Waals surface area (Å²) in [6, 6.07) is 18.5. The lowest BCUT2D eigenvalue weighted by molar-refractivity contribution is -0.384. The van der Waals surface area contributed by atoms with E-state index in [4.69, 9.17) is 4.74 Å². The summed E-state index contributed by atoms with van der Waals surface area (Å²) in [5.74, 6) is 0.410. The van der Waals surface area contributed by atoms with Gasteiger partial charge in [-0.2, -0.15) is 5.10 Å². The number of aromatic nitrogens is 3. The number of nitrogens with one attached hydrogen (secondary N) is 3. The van der Waals surface area contributed by atoms with Crippen molar-refractivity contribution in [3.05, 3.63) is 94.3 Å². The largest absolute Gasteiger partial charge is 0.496 e. The summed E-state index contributed by atoms with van der Waals surface area (Å²) in [5.41, 5.74) is 2.38. The van der Waals surface area contributed by atoms with Crippen LogP contribution in [0.3, 0.4) is 0 Å². The Labute approximate surface area is 195 Å². The van der Waals surface area contributed by atoms with Crippen LogP contribution in [0.25, 0.3) is 11.3 Å². The van der Waals surface area contributed by atoms with Crippen LogP contribution in [0, 0.1) is 10.1 Å². The number of methoxy groups -OCH3 is 1. The summed E-state index contributed by atoms with van der Waals surface area (Å²) < 4.78 is 5.35. The van der Waals surface area contributed by atoms with Crippen molar-refractivity contribution in [2.24, 2.45) is 0 Å². The highest BCUT2D eigenvalue weighted by molar-refractivity contribution is 6.04. The second kappa shape index (κ2) is 9.82. The molecular weight excluding hydrogens is 436 g/mol. The van der Waals surface area contributed by atoms with Gasteiger partial charge in [0.05, 0.1) is 29.5 Å². The Balaban J connectivity index is 1.52. The highest BCUT2D eigenvalue weighted by Gasteiger charge is 2.20. The predicted molar refractivity (Wildman–Crippen MR) is 128 cm³/mol. The summed E-state index contributed by atoms with van der Waals surface area (Å²) in [7, 11) is 1.57. The second-order valence-corrected chi connectivity index (χ2v) is 7.43. The van der Waals surface area contributed by atoms with Gasteiger partial charge in [-0.1, -0.05) is 18.2 Å². The predicted octanol–water partition coefficient (Wildman–Crippen LogP) is 4.81. The van der Waals surface area contributed by atoms with Crippen LogP contribution in [0.4, 0.5) is 17.2 Å². The van der Waals surface area contributed by atoms with Crippen LogP contribution in [0.15, 0.2) is 72.9 Å². The number of carbonyl (C=O) groups excluding carboxylic acids is 1. The lowest BCUT2D eigenvalue weighted by Crippen LogP contribution is -2.14. The van der Waals surface area contributed by atoms with Gasteiger partial charge in [-0.25, -0.2) is 0 Å². The number of hydrogen-bond donors (Lipinski definition) is 3. The number of pyridine rings is 1. The zero-order chi connectivity index (χ0) is 24.1. The van der Waals surface area contributed by atoms with Crippen LogP contribution in [-0.2, 0) is 0 Å². The van der Waals surface area contributed by atoms with Gasteiger partial charge in [-0.15, -0.1) is 0 Å². The Hall–Kier alpha value is -4.73. The first kappa shape index (κ1) is 22.5. The molecule has 4 aromatic rings. The van der Waals surface area contributed by atoms with Crippen molar-refractivity contribution in [3.8, 4) is 17.0 Å². The Morgan fingerprint density at radius 3 is 2.65 bits per heavy atom. The third-order valence-electron chi connectivity index (χ3n) is 5.18. The van der Waals surface area contributed by atoms with E-state index in [1.54, 1.807) is 25.4 Å². The Bertz CT molecular complexity index is 1320. The summed E-state index contributed by atoms with van der Waals surface area (Å²) in [4.78, 5) is 28.2. The van der Waals surface area contributed by atoms with Gasteiger partial charge in [0, 0.05) is 29.5 Å². The number of carbonyl (C=O) groups is 1. The van der Waals surface area contributed by atoms with Gasteiger partial charge in [-0.3, -0.25) is 25.0 Å². The molecule has 2 aromatic heterocycles. The first-order valence-corrected chi connectivity index (χ1v) is 10.4. The van der Waals surface area contributed by atoms with Crippen molar-refractivity contribution < 1.29 is 14.5 Å². The molecule has 0 bridgehead atoms. The summed E-state index contributed by atoms with van der Waals surface area (Å²) in [6.07, 6.45) is 1.66. The van der Waals surface area contributed by atoms with Gasteiger partial charge in [0.25, 0.3) is 11.6 Å². The lowest BCUT2D eigenvalue weighted by Gasteiger charge is -2.15. The highest BCUT2D eigenvalue weighted by Crippen LogP contribution is 2.31. The van der Waals surface area contributed by atoms with Gasteiger partial charge >= 0.3 is 0 Å². The first-order valence-electron chi connectivity index (χ1n) is 10.4. The van der Waals surface area contributed by atoms with Crippen molar-refractivity contribution in [3.63, 3.8) is 0 Å². The van der Waals surface area contributed by atoms with Crippen molar-refractivity contribution in [1.29, 1.82) is 0 Å². The second-order valence-electron chi connectivity index (χ2n) is 7.43. The standard InChI is InChI=1S/C24H22N6O4/c1-15(18-8-5-6-12-25-18)26-19-11-10-16(13-21(19)30(32)33)24(31)27-23-14-20(28-29-23)17-7-3-4-9-22(17)34-2/h3-15,26H,1-2H3,(H2,27,28,29,31). The normalized spacial score (nSPS) is 11.5. The van der Waals surface area contributed by atoms with Gasteiger partial charge in [0.1, 0.15) is 11.4 Å². The number of benzene rings is 2. The molecule has 0 fully saturated rings. The number of H-pyrrole nitrogens is 1. The van der Waals surface area contributed by atoms with Crippen molar-refractivity contribution in [1.82, 2.24) is 15.2 Å². The number of rotatable bonds is 8. The quantitative estimate of drug-likeness (QED) is 0.255. The van der Waals surface area contributed by atoms with Gasteiger partial charge in [0.2, 0.25) is 0 Å². The molecule has 1 unspecified atom stereocenters. The van der Waals surface area contributed by atoms with Crippen molar-refractivity contribution >= 4 is 23.1 Å². The number of ether oxygens (including phenoxy) is 1. The third-order valence-corrected chi connectivity index (χ3v) is 5.18. The topological polar surface area (TPSA) is 135 Å².